The first-order valence-electron chi connectivity index (χ1n) is 4.40. The molecule has 0 aliphatic rings. The summed E-state index contributed by atoms with van der Waals surface area (Å²) in [6.45, 7) is 0. The maximum absolute atomic E-state index is 10.8. The van der Waals surface area contributed by atoms with Crippen molar-refractivity contribution >= 4 is 17.3 Å². The minimum atomic E-state index is -0.453. The van der Waals surface area contributed by atoms with Crippen molar-refractivity contribution in [3.05, 3.63) is 51.9 Å². The monoisotopic (exact) mass is 235 g/mol. The smallest absolute Gasteiger partial charge is 0.258 e. The molecular weight excluding hydrogens is 230 g/mol. The number of nitro benzene ring substituents is 1. The van der Waals surface area contributed by atoms with Gasteiger partial charge >= 0.3 is 0 Å². The first-order chi connectivity index (χ1) is 7.68. The number of nitrogens with zero attached hydrogens (tertiary/aromatic N) is 3. The van der Waals surface area contributed by atoms with E-state index in [0.717, 1.165) is 0 Å². The van der Waals surface area contributed by atoms with Gasteiger partial charge in [0.1, 0.15) is 11.5 Å². The Morgan fingerprint density at radius 2 is 2.00 bits per heavy atom. The molecule has 0 spiro atoms. The Morgan fingerprint density at radius 3 is 2.69 bits per heavy atom. The van der Waals surface area contributed by atoms with Gasteiger partial charge < -0.3 is 0 Å². The van der Waals surface area contributed by atoms with Crippen LogP contribution in [0.15, 0.2) is 36.7 Å². The summed E-state index contributed by atoms with van der Waals surface area (Å²) in [5, 5.41) is 11.1. The predicted molar refractivity (Wildman–Crippen MR) is 59.1 cm³/mol. The molecule has 1 aromatic carbocycles. The SMILES string of the molecule is O=[N+]([O-])c1ccccc1-c1cc(Cl)ncn1. The normalized spacial score (nSPS) is 10.1. The zero-order valence-electron chi connectivity index (χ0n) is 8.00. The van der Waals surface area contributed by atoms with Crippen LogP contribution in [0.1, 0.15) is 0 Å². The molecule has 2 aromatic rings. The first kappa shape index (κ1) is 10.5. The summed E-state index contributed by atoms with van der Waals surface area (Å²) in [6.07, 6.45) is 1.27. The second-order valence-electron chi connectivity index (χ2n) is 3.00. The Hall–Kier alpha value is -2.01. The Kier molecular flexibility index (Phi) is 2.78. The van der Waals surface area contributed by atoms with Crippen LogP contribution in [-0.4, -0.2) is 14.9 Å². The van der Waals surface area contributed by atoms with Gasteiger partial charge in [-0.3, -0.25) is 10.1 Å². The van der Waals surface area contributed by atoms with Crippen LogP contribution in [0.4, 0.5) is 5.69 Å². The molecule has 1 aromatic heterocycles. The third-order valence-corrected chi connectivity index (χ3v) is 2.22. The van der Waals surface area contributed by atoms with Crippen molar-refractivity contribution in [1.82, 2.24) is 9.97 Å². The highest BCUT2D eigenvalue weighted by atomic mass is 35.5. The van der Waals surface area contributed by atoms with Gasteiger partial charge in [-0.1, -0.05) is 23.7 Å². The Bertz CT molecular complexity index is 545. The summed E-state index contributed by atoms with van der Waals surface area (Å²) < 4.78 is 0. The molecule has 6 heteroatoms. The highest BCUT2D eigenvalue weighted by molar-refractivity contribution is 6.29. The van der Waals surface area contributed by atoms with E-state index in [1.165, 1.54) is 18.5 Å². The van der Waals surface area contributed by atoms with Gasteiger partial charge in [0, 0.05) is 12.1 Å². The molecule has 0 aliphatic carbocycles. The second kappa shape index (κ2) is 4.24. The third kappa shape index (κ3) is 1.99. The van der Waals surface area contributed by atoms with E-state index in [2.05, 4.69) is 9.97 Å². The summed E-state index contributed by atoms with van der Waals surface area (Å²) in [7, 11) is 0. The van der Waals surface area contributed by atoms with Crippen LogP contribution >= 0.6 is 11.6 Å². The lowest BCUT2D eigenvalue weighted by molar-refractivity contribution is -0.384. The maximum atomic E-state index is 10.8. The number of hydrogen-bond acceptors (Lipinski definition) is 4. The third-order valence-electron chi connectivity index (χ3n) is 2.01. The molecule has 0 unspecified atom stereocenters. The summed E-state index contributed by atoms with van der Waals surface area (Å²) in [6, 6.07) is 7.84. The van der Waals surface area contributed by atoms with Crippen LogP contribution in [0, 0.1) is 10.1 Å². The van der Waals surface area contributed by atoms with Crippen molar-refractivity contribution in [2.75, 3.05) is 0 Å². The highest BCUT2D eigenvalue weighted by Crippen LogP contribution is 2.28. The Balaban J connectivity index is 2.60. The molecule has 0 saturated heterocycles. The van der Waals surface area contributed by atoms with Gasteiger partial charge in [0.2, 0.25) is 0 Å². The number of aromatic nitrogens is 2. The van der Waals surface area contributed by atoms with Gasteiger partial charge in [0.15, 0.2) is 0 Å². The first-order valence-corrected chi connectivity index (χ1v) is 4.77. The summed E-state index contributed by atoms with van der Waals surface area (Å²) in [5.74, 6) is 0. The van der Waals surface area contributed by atoms with Crippen molar-refractivity contribution in [3.63, 3.8) is 0 Å². The second-order valence-corrected chi connectivity index (χ2v) is 3.39. The number of hydrogen-bond donors (Lipinski definition) is 0. The molecule has 0 amide bonds. The highest BCUT2D eigenvalue weighted by Gasteiger charge is 2.15. The lowest BCUT2D eigenvalue weighted by Crippen LogP contribution is -1.93. The predicted octanol–water partition coefficient (Wildman–Crippen LogP) is 2.71. The van der Waals surface area contributed by atoms with Gasteiger partial charge in [-0.2, -0.15) is 0 Å². The van der Waals surface area contributed by atoms with Crippen molar-refractivity contribution in [3.8, 4) is 11.3 Å². The summed E-state index contributed by atoms with van der Waals surface area (Å²) in [4.78, 5) is 18.0. The largest absolute Gasteiger partial charge is 0.278 e. The van der Waals surface area contributed by atoms with Gasteiger partial charge in [0.25, 0.3) is 5.69 Å². The number of halogens is 1. The van der Waals surface area contributed by atoms with Gasteiger partial charge in [-0.05, 0) is 6.07 Å². The molecule has 0 aliphatic heterocycles. The number of rotatable bonds is 2. The van der Waals surface area contributed by atoms with Crippen LogP contribution < -0.4 is 0 Å². The molecule has 1 heterocycles. The average molecular weight is 236 g/mol. The minimum Gasteiger partial charge on any atom is -0.258 e. The fraction of sp³-hybridized carbons (Fsp3) is 0. The number of nitro groups is 1. The zero-order chi connectivity index (χ0) is 11.5. The molecule has 5 nitrogen and oxygen atoms in total. The van der Waals surface area contributed by atoms with Gasteiger partial charge in [-0.25, -0.2) is 9.97 Å². The number of benzene rings is 1. The van der Waals surface area contributed by atoms with Gasteiger partial charge in [-0.15, -0.1) is 0 Å². The molecule has 0 N–H and O–H groups in total. The molecule has 80 valence electrons. The van der Waals surface area contributed by atoms with E-state index in [-0.39, 0.29) is 10.8 Å². The molecule has 0 radical (unpaired) electrons. The van der Waals surface area contributed by atoms with E-state index in [4.69, 9.17) is 11.6 Å². The van der Waals surface area contributed by atoms with E-state index in [9.17, 15) is 10.1 Å². The molecule has 2 rings (SSSR count). The van der Waals surface area contributed by atoms with Gasteiger partial charge in [0.05, 0.1) is 16.2 Å². The van der Waals surface area contributed by atoms with E-state index >= 15 is 0 Å². The molecule has 0 bridgehead atoms. The van der Waals surface area contributed by atoms with E-state index < -0.39 is 4.92 Å². The van der Waals surface area contributed by atoms with Crippen LogP contribution in [0.2, 0.25) is 5.15 Å². The molecule has 16 heavy (non-hydrogen) atoms. The van der Waals surface area contributed by atoms with Crippen LogP contribution in [0.5, 0.6) is 0 Å². The minimum absolute atomic E-state index is 0.00253. The molecule has 0 atom stereocenters. The summed E-state index contributed by atoms with van der Waals surface area (Å²) >= 11 is 5.71. The maximum Gasteiger partial charge on any atom is 0.278 e. The quantitative estimate of drug-likeness (QED) is 0.456. The summed E-state index contributed by atoms with van der Waals surface area (Å²) in [5.41, 5.74) is 0.862. The fourth-order valence-electron chi connectivity index (χ4n) is 1.33. The zero-order valence-corrected chi connectivity index (χ0v) is 8.76. The lowest BCUT2D eigenvalue weighted by Gasteiger charge is -2.01. The number of para-hydroxylation sites is 1. The van der Waals surface area contributed by atoms with Crippen molar-refractivity contribution < 1.29 is 4.92 Å². The van der Waals surface area contributed by atoms with Crippen molar-refractivity contribution in [2.45, 2.75) is 0 Å². The van der Waals surface area contributed by atoms with Crippen LogP contribution in [0.25, 0.3) is 11.3 Å². The Labute approximate surface area is 95.9 Å². The fourth-order valence-corrected chi connectivity index (χ4v) is 1.48. The Morgan fingerprint density at radius 1 is 1.25 bits per heavy atom. The van der Waals surface area contributed by atoms with E-state index in [0.29, 0.717) is 11.3 Å². The molecule has 0 fully saturated rings. The van der Waals surface area contributed by atoms with Crippen LogP contribution in [0.3, 0.4) is 0 Å². The van der Waals surface area contributed by atoms with E-state index in [1.807, 2.05) is 0 Å². The van der Waals surface area contributed by atoms with Crippen molar-refractivity contribution in [2.24, 2.45) is 0 Å². The lowest BCUT2D eigenvalue weighted by atomic mass is 10.1. The average Bonchev–Trinajstić information content (AvgIpc) is 2.29. The molecular formula is C10H6ClN3O2. The van der Waals surface area contributed by atoms with Crippen LogP contribution in [-0.2, 0) is 0 Å². The topological polar surface area (TPSA) is 68.9 Å². The van der Waals surface area contributed by atoms with Crippen molar-refractivity contribution in [1.29, 1.82) is 0 Å². The van der Waals surface area contributed by atoms with E-state index in [1.54, 1.807) is 18.2 Å². The molecule has 0 saturated carbocycles. The standard InChI is InChI=1S/C10H6ClN3O2/c11-10-5-8(12-6-13-10)7-3-1-2-4-9(7)14(15)16/h1-6H.